The van der Waals surface area contributed by atoms with Crippen molar-refractivity contribution in [1.82, 2.24) is 0 Å². The van der Waals surface area contributed by atoms with E-state index in [4.69, 9.17) is 0 Å². The van der Waals surface area contributed by atoms with Crippen LogP contribution in [0.3, 0.4) is 0 Å². The first kappa shape index (κ1) is 14.0. The summed E-state index contributed by atoms with van der Waals surface area (Å²) in [5, 5.41) is 0. The molecule has 2 rings (SSSR count). The molecule has 0 nitrogen and oxygen atoms in total. The maximum absolute atomic E-state index is 3.46. The van der Waals surface area contributed by atoms with E-state index in [2.05, 4.69) is 30.9 Å². The summed E-state index contributed by atoms with van der Waals surface area (Å²) in [6, 6.07) is 0. The highest BCUT2D eigenvalue weighted by molar-refractivity contribution is 5.11. The van der Waals surface area contributed by atoms with Gasteiger partial charge in [0.2, 0.25) is 0 Å². The second kappa shape index (κ2) is 13.0. The second-order valence-electron chi connectivity index (χ2n) is 3.62. The van der Waals surface area contributed by atoms with E-state index in [1.54, 1.807) is 6.08 Å². The minimum atomic E-state index is 1.14. The van der Waals surface area contributed by atoms with E-state index in [-0.39, 0.29) is 0 Å². The Bertz CT molecular complexity index is 182. The van der Waals surface area contributed by atoms with Crippen LogP contribution in [0.2, 0.25) is 0 Å². The summed E-state index contributed by atoms with van der Waals surface area (Å²) < 4.78 is 0. The molecule has 1 saturated carbocycles. The standard InChI is InChI=1S/C5H10.C5H6.C5H8/c2*1-2-4-5-3-1;1-3-5-4-2/h1-5H2;1-4H,5H2;3-5H,1H2,2H3. The molecule has 15 heavy (non-hydrogen) atoms. The van der Waals surface area contributed by atoms with E-state index < -0.39 is 0 Å². The van der Waals surface area contributed by atoms with E-state index in [9.17, 15) is 0 Å². The van der Waals surface area contributed by atoms with Gasteiger partial charge < -0.3 is 0 Å². The Morgan fingerprint density at radius 1 is 0.933 bits per heavy atom. The third-order valence-corrected chi connectivity index (χ3v) is 2.23. The van der Waals surface area contributed by atoms with Gasteiger partial charge in [-0.05, 0) is 13.3 Å². The first-order chi connectivity index (χ1) is 7.41. The summed E-state index contributed by atoms with van der Waals surface area (Å²) in [6.45, 7) is 5.42. The SMILES string of the molecule is C1=CCC=C1.C1CCCC1.C=CC=CC. The first-order valence-electron chi connectivity index (χ1n) is 5.97. The predicted octanol–water partition coefficient (Wildman–Crippen LogP) is 5.20. The van der Waals surface area contributed by atoms with Gasteiger partial charge in [-0.3, -0.25) is 0 Å². The predicted molar refractivity (Wildman–Crippen MR) is 71.0 cm³/mol. The monoisotopic (exact) mass is 204 g/mol. The van der Waals surface area contributed by atoms with Gasteiger partial charge in [0.05, 0.1) is 0 Å². The molecule has 0 amide bonds. The van der Waals surface area contributed by atoms with E-state index >= 15 is 0 Å². The van der Waals surface area contributed by atoms with E-state index in [1.165, 1.54) is 32.1 Å². The van der Waals surface area contributed by atoms with Crippen molar-refractivity contribution in [3.63, 3.8) is 0 Å². The van der Waals surface area contributed by atoms with E-state index in [1.807, 2.05) is 19.1 Å². The lowest BCUT2D eigenvalue weighted by Gasteiger charge is -1.67. The molecule has 0 saturated heterocycles. The highest BCUT2D eigenvalue weighted by atomic mass is 14.0. The largest absolute Gasteiger partial charge is 0.0991 e. The zero-order valence-electron chi connectivity index (χ0n) is 9.99. The van der Waals surface area contributed by atoms with Crippen LogP contribution >= 0.6 is 0 Å². The molecule has 0 unspecified atom stereocenters. The van der Waals surface area contributed by atoms with Crippen molar-refractivity contribution >= 4 is 0 Å². The molecule has 0 aromatic heterocycles. The molecule has 0 heteroatoms. The molecular weight excluding hydrogens is 180 g/mol. The number of rotatable bonds is 1. The summed E-state index contributed by atoms with van der Waals surface area (Å²) in [7, 11) is 0. The van der Waals surface area contributed by atoms with Crippen LogP contribution in [0.5, 0.6) is 0 Å². The molecule has 0 aromatic carbocycles. The van der Waals surface area contributed by atoms with Crippen LogP contribution in [0.15, 0.2) is 49.1 Å². The molecule has 1 fully saturated rings. The van der Waals surface area contributed by atoms with Crippen LogP contribution in [0.4, 0.5) is 0 Å². The van der Waals surface area contributed by atoms with Crippen molar-refractivity contribution in [2.45, 2.75) is 45.4 Å². The topological polar surface area (TPSA) is 0 Å². The number of hydrogen-bond acceptors (Lipinski definition) is 0. The van der Waals surface area contributed by atoms with Gasteiger partial charge in [-0.1, -0.05) is 81.2 Å². The van der Waals surface area contributed by atoms with Gasteiger partial charge in [-0.2, -0.15) is 0 Å². The van der Waals surface area contributed by atoms with E-state index in [0.717, 1.165) is 6.42 Å². The van der Waals surface area contributed by atoms with Crippen LogP contribution in [-0.2, 0) is 0 Å². The van der Waals surface area contributed by atoms with Crippen LogP contribution in [-0.4, -0.2) is 0 Å². The molecule has 0 N–H and O–H groups in total. The fourth-order valence-electron chi connectivity index (χ4n) is 1.41. The molecule has 0 radical (unpaired) electrons. The van der Waals surface area contributed by atoms with Crippen molar-refractivity contribution in [3.8, 4) is 0 Å². The quantitative estimate of drug-likeness (QED) is 0.515. The maximum Gasteiger partial charge on any atom is -0.0163 e. The Labute approximate surface area is 95.1 Å². The zero-order valence-corrected chi connectivity index (χ0v) is 9.99. The lowest BCUT2D eigenvalue weighted by atomic mass is 10.4. The Kier molecular flexibility index (Phi) is 12.1. The minimum Gasteiger partial charge on any atom is -0.0991 e. The van der Waals surface area contributed by atoms with Gasteiger partial charge in [-0.15, -0.1) is 0 Å². The highest BCUT2D eigenvalue weighted by Crippen LogP contribution is 2.15. The molecule has 0 atom stereocenters. The molecule has 0 aromatic rings. The third-order valence-electron chi connectivity index (χ3n) is 2.23. The molecule has 0 spiro atoms. The van der Waals surface area contributed by atoms with Gasteiger partial charge in [0, 0.05) is 0 Å². The molecular formula is C15H24. The molecule has 0 heterocycles. The van der Waals surface area contributed by atoms with Crippen molar-refractivity contribution in [1.29, 1.82) is 0 Å². The van der Waals surface area contributed by atoms with Crippen molar-refractivity contribution in [3.05, 3.63) is 49.1 Å². The van der Waals surface area contributed by atoms with Gasteiger partial charge >= 0.3 is 0 Å². The second-order valence-corrected chi connectivity index (χ2v) is 3.62. The lowest BCUT2D eigenvalue weighted by Crippen LogP contribution is -1.47. The Morgan fingerprint density at radius 3 is 1.53 bits per heavy atom. The van der Waals surface area contributed by atoms with Crippen molar-refractivity contribution in [2.24, 2.45) is 0 Å². The summed E-state index contributed by atoms with van der Waals surface area (Å²) in [5.74, 6) is 0. The smallest absolute Gasteiger partial charge is 0.0163 e. The third kappa shape index (κ3) is 13.0. The number of allylic oxidation sites excluding steroid dienone is 7. The normalized spacial score (nSPS) is 16.9. The van der Waals surface area contributed by atoms with Crippen molar-refractivity contribution < 1.29 is 0 Å². The Hall–Kier alpha value is -1.04. The molecule has 2 aliphatic rings. The number of hydrogen-bond donors (Lipinski definition) is 0. The molecule has 0 bridgehead atoms. The Balaban J connectivity index is 0.000000196. The summed E-state index contributed by atoms with van der Waals surface area (Å²) in [4.78, 5) is 0. The fourth-order valence-corrected chi connectivity index (χ4v) is 1.41. The molecule has 2 aliphatic carbocycles. The van der Waals surface area contributed by atoms with Gasteiger partial charge in [-0.25, -0.2) is 0 Å². The fraction of sp³-hybridized carbons (Fsp3) is 0.467. The van der Waals surface area contributed by atoms with Crippen LogP contribution in [0.25, 0.3) is 0 Å². The molecule has 0 aliphatic heterocycles. The maximum atomic E-state index is 3.46. The Morgan fingerprint density at radius 2 is 1.40 bits per heavy atom. The summed E-state index contributed by atoms with van der Waals surface area (Å²) in [6.07, 6.45) is 22.6. The lowest BCUT2D eigenvalue weighted by molar-refractivity contribution is 0.886. The average molecular weight is 204 g/mol. The summed E-state index contributed by atoms with van der Waals surface area (Å²) in [5.41, 5.74) is 0. The van der Waals surface area contributed by atoms with Crippen molar-refractivity contribution in [2.75, 3.05) is 0 Å². The van der Waals surface area contributed by atoms with Gasteiger partial charge in [0.1, 0.15) is 0 Å². The van der Waals surface area contributed by atoms with Gasteiger partial charge in [0.15, 0.2) is 0 Å². The van der Waals surface area contributed by atoms with E-state index in [0.29, 0.717) is 0 Å². The van der Waals surface area contributed by atoms with Gasteiger partial charge in [0.25, 0.3) is 0 Å². The van der Waals surface area contributed by atoms with Crippen LogP contribution < -0.4 is 0 Å². The van der Waals surface area contributed by atoms with Crippen LogP contribution in [0.1, 0.15) is 45.4 Å². The highest BCUT2D eigenvalue weighted by Gasteiger charge is 1.95. The minimum absolute atomic E-state index is 1.14. The summed E-state index contributed by atoms with van der Waals surface area (Å²) >= 11 is 0. The first-order valence-corrected chi connectivity index (χ1v) is 5.97. The zero-order chi connectivity index (χ0) is 11.2. The molecule has 84 valence electrons. The van der Waals surface area contributed by atoms with Crippen LogP contribution in [0, 0.1) is 0 Å². The average Bonchev–Trinajstić information content (AvgIpc) is 2.99.